The molecule has 2 aliphatic heterocycles. The van der Waals surface area contributed by atoms with Gasteiger partial charge >= 0.3 is 6.03 Å². The topological polar surface area (TPSA) is 73.0 Å². The molecular formula is C11H18N4O3. The summed E-state index contributed by atoms with van der Waals surface area (Å²) in [6.45, 7) is 3.97. The summed E-state index contributed by atoms with van der Waals surface area (Å²) in [5.74, 6) is -0.473. The van der Waals surface area contributed by atoms with Crippen molar-refractivity contribution in [1.82, 2.24) is 20.0 Å². The predicted octanol–water partition coefficient (Wildman–Crippen LogP) is -1.30. The Balaban J connectivity index is 1.98. The maximum atomic E-state index is 12.1. The normalized spacial score (nSPS) is 25.0. The van der Waals surface area contributed by atoms with E-state index in [0.717, 1.165) is 18.0 Å². The van der Waals surface area contributed by atoms with Gasteiger partial charge in [0.25, 0.3) is 5.91 Å². The number of hydrogen-bond acceptors (Lipinski definition) is 4. The summed E-state index contributed by atoms with van der Waals surface area (Å²) in [4.78, 5) is 39.4. The van der Waals surface area contributed by atoms with Gasteiger partial charge in [-0.15, -0.1) is 0 Å². The number of nitrogens with zero attached hydrogens (tertiary/aromatic N) is 3. The van der Waals surface area contributed by atoms with Crippen molar-refractivity contribution in [3.05, 3.63) is 0 Å². The molecule has 0 unspecified atom stereocenters. The van der Waals surface area contributed by atoms with Gasteiger partial charge in [0.2, 0.25) is 5.91 Å². The lowest BCUT2D eigenvalue weighted by molar-refractivity contribution is -0.138. The van der Waals surface area contributed by atoms with Crippen LogP contribution in [0, 0.1) is 0 Å². The van der Waals surface area contributed by atoms with Gasteiger partial charge in [-0.3, -0.25) is 14.5 Å². The smallest absolute Gasteiger partial charge is 0.327 e. The fourth-order valence-electron chi connectivity index (χ4n) is 2.26. The molecule has 0 saturated carbocycles. The van der Waals surface area contributed by atoms with E-state index in [0.29, 0.717) is 6.54 Å². The fourth-order valence-corrected chi connectivity index (χ4v) is 2.26. The van der Waals surface area contributed by atoms with Gasteiger partial charge in [-0.25, -0.2) is 4.79 Å². The van der Waals surface area contributed by atoms with Crippen LogP contribution in [0.25, 0.3) is 0 Å². The van der Waals surface area contributed by atoms with Gasteiger partial charge in [0.05, 0.1) is 0 Å². The Morgan fingerprint density at radius 1 is 1.44 bits per heavy atom. The predicted molar refractivity (Wildman–Crippen MR) is 63.8 cm³/mol. The van der Waals surface area contributed by atoms with Crippen LogP contribution in [0.4, 0.5) is 4.79 Å². The van der Waals surface area contributed by atoms with Crippen molar-refractivity contribution < 1.29 is 14.4 Å². The van der Waals surface area contributed by atoms with Crippen molar-refractivity contribution in [2.75, 3.05) is 39.8 Å². The number of rotatable bonds is 2. The largest absolute Gasteiger partial charge is 0.336 e. The maximum Gasteiger partial charge on any atom is 0.327 e. The summed E-state index contributed by atoms with van der Waals surface area (Å²) in [5.41, 5.74) is 0. The van der Waals surface area contributed by atoms with Crippen LogP contribution in [-0.2, 0) is 9.59 Å². The van der Waals surface area contributed by atoms with E-state index < -0.39 is 6.03 Å². The highest BCUT2D eigenvalue weighted by Crippen LogP contribution is 2.10. The van der Waals surface area contributed by atoms with Crippen molar-refractivity contribution in [3.63, 3.8) is 0 Å². The Morgan fingerprint density at radius 2 is 2.17 bits per heavy atom. The number of amides is 4. The van der Waals surface area contributed by atoms with Gasteiger partial charge in [0.15, 0.2) is 0 Å². The van der Waals surface area contributed by atoms with E-state index >= 15 is 0 Å². The summed E-state index contributed by atoms with van der Waals surface area (Å²) in [6, 6.07) is -0.298. The molecule has 4 amide bonds. The molecule has 0 spiro atoms. The van der Waals surface area contributed by atoms with Crippen molar-refractivity contribution >= 4 is 17.8 Å². The first-order valence-corrected chi connectivity index (χ1v) is 6.06. The number of piperazine rings is 1. The molecule has 0 aliphatic carbocycles. The minimum atomic E-state index is -0.392. The quantitative estimate of drug-likeness (QED) is 0.622. The lowest BCUT2D eigenvalue weighted by Gasteiger charge is -2.34. The number of nitrogens with one attached hydrogen (secondary N) is 1. The summed E-state index contributed by atoms with van der Waals surface area (Å²) in [6.07, 6.45) is 0. The van der Waals surface area contributed by atoms with E-state index in [1.165, 1.54) is 4.90 Å². The third kappa shape index (κ3) is 2.31. The average Bonchev–Trinajstić information content (AvgIpc) is 2.56. The highest BCUT2D eigenvalue weighted by atomic mass is 16.2. The highest BCUT2D eigenvalue weighted by molar-refractivity contribution is 6.04. The van der Waals surface area contributed by atoms with Crippen LogP contribution >= 0.6 is 0 Å². The van der Waals surface area contributed by atoms with Crippen LogP contribution in [0.5, 0.6) is 0 Å². The van der Waals surface area contributed by atoms with Crippen LogP contribution in [0.15, 0.2) is 0 Å². The van der Waals surface area contributed by atoms with Gasteiger partial charge in [-0.2, -0.15) is 0 Å². The molecule has 1 atom stereocenters. The van der Waals surface area contributed by atoms with Crippen LogP contribution < -0.4 is 5.32 Å². The molecule has 2 rings (SSSR count). The molecular weight excluding hydrogens is 236 g/mol. The molecule has 100 valence electrons. The average molecular weight is 254 g/mol. The van der Waals surface area contributed by atoms with Crippen LogP contribution in [0.3, 0.4) is 0 Å². The fraction of sp³-hybridized carbons (Fsp3) is 0.727. The number of imide groups is 1. The Kier molecular flexibility index (Phi) is 3.51. The van der Waals surface area contributed by atoms with E-state index in [2.05, 4.69) is 5.32 Å². The Labute approximate surface area is 106 Å². The van der Waals surface area contributed by atoms with Crippen molar-refractivity contribution in [3.8, 4) is 0 Å². The summed E-state index contributed by atoms with van der Waals surface area (Å²) in [5, 5.41) is 3.19. The molecule has 0 bridgehead atoms. The number of carbonyl (C=O) groups is 3. The first-order valence-electron chi connectivity index (χ1n) is 6.06. The van der Waals surface area contributed by atoms with Gasteiger partial charge in [0.1, 0.15) is 13.1 Å². The molecule has 2 fully saturated rings. The molecule has 2 saturated heterocycles. The Hall–Kier alpha value is -1.63. The minimum Gasteiger partial charge on any atom is -0.336 e. The SMILES string of the molecule is C[C@@H]1CNCCN1C(=O)CN1C(=O)CN(C)C1=O. The van der Waals surface area contributed by atoms with Gasteiger partial charge in [-0.05, 0) is 6.92 Å². The molecule has 0 aromatic carbocycles. The van der Waals surface area contributed by atoms with E-state index in [1.54, 1.807) is 11.9 Å². The van der Waals surface area contributed by atoms with E-state index in [4.69, 9.17) is 0 Å². The van der Waals surface area contributed by atoms with Crippen molar-refractivity contribution in [2.24, 2.45) is 0 Å². The minimum absolute atomic E-state index is 0.0588. The maximum absolute atomic E-state index is 12.1. The van der Waals surface area contributed by atoms with Gasteiger partial charge < -0.3 is 15.1 Å². The highest BCUT2D eigenvalue weighted by Gasteiger charge is 2.36. The molecule has 0 radical (unpaired) electrons. The molecule has 7 nitrogen and oxygen atoms in total. The second-order valence-corrected chi connectivity index (χ2v) is 4.76. The molecule has 0 aromatic rings. The molecule has 2 heterocycles. The molecule has 1 N–H and O–H groups in total. The number of likely N-dealkylation sites (N-methyl/N-ethyl adjacent to an activating group) is 1. The van der Waals surface area contributed by atoms with E-state index in [1.807, 2.05) is 6.92 Å². The number of hydrogen-bond donors (Lipinski definition) is 1. The molecule has 18 heavy (non-hydrogen) atoms. The standard InChI is InChI=1S/C11H18N4O3/c1-8-5-12-3-4-14(8)10(17)7-15-9(16)6-13(2)11(15)18/h8,12H,3-7H2,1-2H3/t8-/m1/s1. The Morgan fingerprint density at radius 3 is 2.72 bits per heavy atom. The lowest BCUT2D eigenvalue weighted by atomic mass is 10.2. The summed E-state index contributed by atoms with van der Waals surface area (Å²) < 4.78 is 0. The van der Waals surface area contributed by atoms with Crippen LogP contribution in [-0.4, -0.2) is 78.4 Å². The van der Waals surface area contributed by atoms with Crippen molar-refractivity contribution in [1.29, 1.82) is 0 Å². The van der Waals surface area contributed by atoms with Crippen LogP contribution in [0.2, 0.25) is 0 Å². The van der Waals surface area contributed by atoms with E-state index in [9.17, 15) is 14.4 Å². The monoisotopic (exact) mass is 254 g/mol. The Bertz CT molecular complexity index is 384. The zero-order chi connectivity index (χ0) is 13.3. The lowest BCUT2D eigenvalue weighted by Crippen LogP contribution is -2.55. The summed E-state index contributed by atoms with van der Waals surface area (Å²) in [7, 11) is 1.55. The van der Waals surface area contributed by atoms with Crippen molar-refractivity contribution in [2.45, 2.75) is 13.0 Å². The van der Waals surface area contributed by atoms with Gasteiger partial charge in [-0.1, -0.05) is 0 Å². The molecule has 0 aromatic heterocycles. The van der Waals surface area contributed by atoms with Crippen LogP contribution in [0.1, 0.15) is 6.92 Å². The number of carbonyl (C=O) groups excluding carboxylic acids is 3. The van der Waals surface area contributed by atoms with E-state index in [-0.39, 0.29) is 30.9 Å². The second kappa shape index (κ2) is 4.93. The third-order valence-corrected chi connectivity index (χ3v) is 3.35. The zero-order valence-electron chi connectivity index (χ0n) is 10.7. The second-order valence-electron chi connectivity index (χ2n) is 4.76. The first kappa shape index (κ1) is 12.8. The molecule has 7 heteroatoms. The molecule has 2 aliphatic rings. The first-order chi connectivity index (χ1) is 8.50. The zero-order valence-corrected chi connectivity index (χ0v) is 10.7. The summed E-state index contributed by atoms with van der Waals surface area (Å²) >= 11 is 0. The van der Waals surface area contributed by atoms with Gasteiger partial charge in [0, 0.05) is 32.7 Å². The third-order valence-electron chi connectivity index (χ3n) is 3.35. The number of urea groups is 1.